The number of aliphatic hydroxyl groups excluding tert-OH is 3. The van der Waals surface area contributed by atoms with E-state index >= 15 is 0 Å². The van der Waals surface area contributed by atoms with Gasteiger partial charge >= 0.3 is 0 Å². The minimum atomic E-state index is -0.421. The molecule has 0 radical (unpaired) electrons. The highest BCUT2D eigenvalue weighted by molar-refractivity contribution is 6.04. The summed E-state index contributed by atoms with van der Waals surface area (Å²) in [5.41, 5.74) is 3.61. The van der Waals surface area contributed by atoms with Crippen molar-refractivity contribution in [3.63, 3.8) is 0 Å². The van der Waals surface area contributed by atoms with Gasteiger partial charge in [0.15, 0.2) is 23.3 Å². The molecule has 0 saturated heterocycles. The minimum absolute atomic E-state index is 0.0136. The summed E-state index contributed by atoms with van der Waals surface area (Å²) in [6, 6.07) is 6.76. The number of nitrogens with zero attached hydrogens (tertiary/aromatic N) is 1. The monoisotopic (exact) mass is 636 g/mol. The zero-order valence-electron chi connectivity index (χ0n) is 27.9. The Morgan fingerprint density at radius 2 is 2.04 bits per heavy atom. The van der Waals surface area contributed by atoms with Gasteiger partial charge in [-0.3, -0.25) is 0 Å². The standard InChI is InChI=1S/C38H56N2O6/c1-3-4-10-36-28(24-42)21-30(46-36)14-11-26-12-16-35(44)37(20-26)45-19-17-29-22-32-33(40-29)15-13-27-7-5-8-31(27)38(32)34(9-6-18-41)39-23-25(2)43/h12,16,20-22,25,27,31,34,36,38-39,41-44H,3-11,13-15,17-19,23-24H2,1-2H3/t25-,27+,31-,34-,36?,38-/m0/s1. The van der Waals surface area contributed by atoms with E-state index in [1.807, 2.05) is 25.1 Å². The lowest BCUT2D eigenvalue weighted by molar-refractivity contribution is 0.123. The van der Waals surface area contributed by atoms with Crippen LogP contribution in [-0.4, -0.2) is 70.8 Å². The van der Waals surface area contributed by atoms with Gasteiger partial charge in [0, 0.05) is 38.3 Å². The molecule has 5 rings (SSSR count). The third-order valence-corrected chi connectivity index (χ3v) is 10.4. The Balaban J connectivity index is 1.20. The summed E-state index contributed by atoms with van der Waals surface area (Å²) in [4.78, 5) is 5.12. The Morgan fingerprint density at radius 3 is 2.83 bits per heavy atom. The van der Waals surface area contributed by atoms with Gasteiger partial charge < -0.3 is 35.2 Å². The number of phenols is 1. The molecule has 0 spiro atoms. The van der Waals surface area contributed by atoms with E-state index < -0.39 is 6.10 Å². The molecular weight excluding hydrogens is 580 g/mol. The van der Waals surface area contributed by atoms with E-state index in [2.05, 4.69) is 18.3 Å². The molecular formula is C38H56N2O6. The van der Waals surface area contributed by atoms with E-state index in [-0.39, 0.29) is 31.1 Å². The summed E-state index contributed by atoms with van der Waals surface area (Å²) >= 11 is 0. The van der Waals surface area contributed by atoms with Crippen LogP contribution < -0.4 is 10.1 Å². The largest absolute Gasteiger partial charge is 0.592 e. The highest BCUT2D eigenvalue weighted by atomic mass is 16.5. The van der Waals surface area contributed by atoms with Gasteiger partial charge in [-0.05, 0) is 75.0 Å². The topological polar surface area (TPSA) is 124 Å². The molecule has 46 heavy (non-hydrogen) atoms. The molecule has 2 aliphatic heterocycles. The summed E-state index contributed by atoms with van der Waals surface area (Å²) in [5, 5.41) is 43.7. The molecule has 2 fully saturated rings. The van der Waals surface area contributed by atoms with Gasteiger partial charge in [0.1, 0.15) is 12.2 Å². The average molecular weight is 637 g/mol. The van der Waals surface area contributed by atoms with Crippen LogP contribution in [0, 0.1) is 29.7 Å². The number of benzene rings is 1. The molecule has 2 saturated carbocycles. The zero-order valence-corrected chi connectivity index (χ0v) is 27.9. The van der Waals surface area contributed by atoms with E-state index in [0.29, 0.717) is 43.1 Å². The third kappa shape index (κ3) is 8.82. The van der Waals surface area contributed by atoms with Crippen molar-refractivity contribution in [2.75, 3.05) is 26.4 Å². The van der Waals surface area contributed by atoms with E-state index in [0.717, 1.165) is 74.6 Å². The predicted molar refractivity (Wildman–Crippen MR) is 181 cm³/mol. The first-order valence-electron chi connectivity index (χ1n) is 17.9. The number of nitrogens with one attached hydrogen (secondary N) is 1. The summed E-state index contributed by atoms with van der Waals surface area (Å²) in [6.45, 7) is 5.14. The molecule has 2 aliphatic carbocycles. The van der Waals surface area contributed by atoms with Crippen LogP contribution in [-0.2, 0) is 11.2 Å². The molecule has 8 heteroatoms. The van der Waals surface area contributed by atoms with Gasteiger partial charge in [0.25, 0.3) is 0 Å². The fraction of sp³-hybridized carbons (Fsp3) is 0.658. The number of unbranched alkanes of at least 4 members (excludes halogenated alkanes) is 1. The van der Waals surface area contributed by atoms with Crippen LogP contribution in [0.25, 0.3) is 0 Å². The second-order valence-electron chi connectivity index (χ2n) is 13.8. The van der Waals surface area contributed by atoms with Crippen molar-refractivity contribution < 1.29 is 29.9 Å². The number of aliphatic imine (C=N–C) groups is 1. The van der Waals surface area contributed by atoms with Crippen LogP contribution in [0.4, 0.5) is 0 Å². The molecule has 0 bridgehead atoms. The lowest BCUT2D eigenvalue weighted by atomic mass is 9.74. The van der Waals surface area contributed by atoms with Crippen LogP contribution in [0.15, 0.2) is 46.7 Å². The summed E-state index contributed by atoms with van der Waals surface area (Å²) in [5.74, 6) is 4.11. The minimum Gasteiger partial charge on any atom is -0.592 e. The number of aryl methyl sites for hydroxylation is 1. The van der Waals surface area contributed by atoms with Gasteiger partial charge in [-0.1, -0.05) is 50.9 Å². The van der Waals surface area contributed by atoms with Crippen molar-refractivity contribution in [2.24, 2.45) is 22.7 Å². The van der Waals surface area contributed by atoms with Crippen molar-refractivity contribution >= 4 is 5.71 Å². The van der Waals surface area contributed by atoms with Gasteiger partial charge in [0.2, 0.25) is 0 Å². The third-order valence-electron chi connectivity index (χ3n) is 10.4. The van der Waals surface area contributed by atoms with E-state index in [4.69, 9.17) is 14.5 Å². The normalized spacial score (nSPS) is 25.3. The summed E-state index contributed by atoms with van der Waals surface area (Å²) < 4.78 is 12.3. The van der Waals surface area contributed by atoms with Crippen LogP contribution in [0.3, 0.4) is 0 Å². The number of aliphatic hydroxyl groups is 3. The number of phenolic OH excluding ortho intramolecular Hbond substituents is 1. The Labute approximate surface area is 276 Å². The molecule has 4 aliphatic rings. The van der Waals surface area contributed by atoms with Crippen molar-refractivity contribution in [3.8, 4) is 11.5 Å². The van der Waals surface area contributed by atoms with Gasteiger partial charge in [-0.2, -0.15) is 12.0 Å². The van der Waals surface area contributed by atoms with Crippen molar-refractivity contribution in [2.45, 2.75) is 116 Å². The van der Waals surface area contributed by atoms with E-state index in [1.54, 1.807) is 6.07 Å². The predicted octanol–water partition coefficient (Wildman–Crippen LogP) is 5.98. The van der Waals surface area contributed by atoms with Crippen LogP contribution in [0.5, 0.6) is 11.5 Å². The number of rotatable bonds is 18. The molecule has 254 valence electrons. The van der Waals surface area contributed by atoms with Crippen LogP contribution in [0.1, 0.15) is 96.5 Å². The molecule has 0 aromatic heterocycles. The number of hydrogen-bond donors (Lipinski definition) is 5. The fourth-order valence-electron chi connectivity index (χ4n) is 8.02. The first kappa shape index (κ1) is 34.7. The number of ether oxygens (including phenoxy) is 2. The van der Waals surface area contributed by atoms with Crippen molar-refractivity contribution in [3.05, 3.63) is 59.2 Å². The first-order valence-corrected chi connectivity index (χ1v) is 17.9. The quantitative estimate of drug-likeness (QED) is 0.126. The number of aromatic hydroxyl groups is 1. The average Bonchev–Trinajstić information content (AvgIpc) is 3.77. The molecule has 0 amide bonds. The lowest BCUT2D eigenvalue weighted by Gasteiger charge is -2.32. The van der Waals surface area contributed by atoms with Crippen molar-refractivity contribution in [1.29, 1.82) is 0 Å². The van der Waals surface area contributed by atoms with Gasteiger partial charge in [0.05, 0.1) is 24.5 Å². The van der Waals surface area contributed by atoms with Crippen LogP contribution >= 0.6 is 0 Å². The maximum Gasteiger partial charge on any atom is 0.189 e. The van der Waals surface area contributed by atoms with Gasteiger partial charge in [-0.25, -0.2) is 0 Å². The molecule has 1 aromatic rings. The highest BCUT2D eigenvalue weighted by Gasteiger charge is 2.49. The number of allylic oxidation sites excluding steroid dienone is 1. The van der Waals surface area contributed by atoms with Crippen molar-refractivity contribution in [1.82, 2.24) is 5.32 Å². The number of hydrogen-bond acceptors (Lipinski definition) is 8. The lowest BCUT2D eigenvalue weighted by Crippen LogP contribution is -2.44. The summed E-state index contributed by atoms with van der Waals surface area (Å²) in [7, 11) is 0. The van der Waals surface area contributed by atoms with E-state index in [9.17, 15) is 20.4 Å². The Morgan fingerprint density at radius 1 is 1.17 bits per heavy atom. The molecule has 1 aromatic carbocycles. The Bertz CT molecular complexity index is 1210. The highest BCUT2D eigenvalue weighted by Crippen LogP contribution is 2.49. The second kappa shape index (κ2) is 17.0. The molecule has 6 atom stereocenters. The van der Waals surface area contributed by atoms with E-state index in [1.165, 1.54) is 37.0 Å². The smallest absolute Gasteiger partial charge is 0.189 e. The molecule has 2 heterocycles. The van der Waals surface area contributed by atoms with Crippen LogP contribution in [0.2, 0.25) is 0 Å². The maximum absolute atomic E-state index is 10.6. The first-order chi connectivity index (χ1) is 22.4. The maximum atomic E-state index is 10.6. The second-order valence-corrected chi connectivity index (χ2v) is 13.8. The summed E-state index contributed by atoms with van der Waals surface area (Å²) in [6.07, 6.45) is 16.7. The molecule has 1 unspecified atom stereocenters. The Kier molecular flexibility index (Phi) is 12.8. The fourth-order valence-corrected chi connectivity index (χ4v) is 8.02. The zero-order chi connectivity index (χ0) is 32.5. The molecule has 8 nitrogen and oxygen atoms in total. The number of fused-ring (bicyclic) bond motifs is 2. The van der Waals surface area contributed by atoms with Gasteiger partial charge in [-0.15, -0.1) is 4.99 Å². The molecule has 5 N–H and O–H groups in total. The Hall–Kier alpha value is -2.65. The SMILES string of the molecule is CCCCC1OC(CCc2ccc(O)c(OCC[C+]3C=C4C(=N3)CC[C@H]3CCC[C@@H]3[C@@H]4[C@H](CCCO)NC[C@H](C)O)c2)=C[C-]1CO.